The summed E-state index contributed by atoms with van der Waals surface area (Å²) in [6.07, 6.45) is 0. The van der Waals surface area contributed by atoms with E-state index in [0.29, 0.717) is 5.89 Å². The second kappa shape index (κ2) is 4.10. The molecule has 0 aliphatic heterocycles. The fourth-order valence-electron chi connectivity index (χ4n) is 2.31. The molecule has 2 aromatic heterocycles. The largest absolute Gasteiger partial charge is 0.435 e. The van der Waals surface area contributed by atoms with Crippen molar-refractivity contribution >= 4 is 27.4 Å². The Balaban J connectivity index is 2.32. The summed E-state index contributed by atoms with van der Waals surface area (Å²) in [4.78, 5) is 5.62. The van der Waals surface area contributed by atoms with Crippen molar-refractivity contribution in [2.45, 2.75) is 27.7 Å². The molecule has 3 rings (SSSR count). The number of oxazole rings is 1. The smallest absolute Gasteiger partial charge is 0.237 e. The standard InChI is InChI=1S/C15H16N2OS/c1-7-8(2)10(4)14-13(9(7)3)17-15(18-14)11-5-6-12(16)19-11/h5-6H,16H2,1-4H3. The second-order valence-corrected chi connectivity index (χ2v) is 6.01. The molecule has 98 valence electrons. The Bertz CT molecular complexity index is 738. The Morgan fingerprint density at radius 1 is 1.00 bits per heavy atom. The normalized spacial score (nSPS) is 11.4. The van der Waals surface area contributed by atoms with Gasteiger partial charge in [0.2, 0.25) is 5.89 Å². The Hall–Kier alpha value is -1.81. The first-order valence-corrected chi connectivity index (χ1v) is 7.03. The summed E-state index contributed by atoms with van der Waals surface area (Å²) in [5.41, 5.74) is 12.5. The van der Waals surface area contributed by atoms with Crippen molar-refractivity contribution in [2.24, 2.45) is 0 Å². The van der Waals surface area contributed by atoms with Crippen molar-refractivity contribution in [1.29, 1.82) is 0 Å². The molecule has 2 N–H and O–H groups in total. The second-order valence-electron chi connectivity index (χ2n) is 4.90. The van der Waals surface area contributed by atoms with Gasteiger partial charge in [0.15, 0.2) is 5.58 Å². The van der Waals surface area contributed by atoms with Gasteiger partial charge in [0.1, 0.15) is 5.52 Å². The van der Waals surface area contributed by atoms with E-state index in [1.807, 2.05) is 12.1 Å². The molecule has 0 saturated carbocycles. The van der Waals surface area contributed by atoms with Gasteiger partial charge in [-0.2, -0.15) is 0 Å². The van der Waals surface area contributed by atoms with Crippen LogP contribution in [0.5, 0.6) is 0 Å². The van der Waals surface area contributed by atoms with Crippen LogP contribution in [-0.4, -0.2) is 4.98 Å². The van der Waals surface area contributed by atoms with Crippen LogP contribution in [0.2, 0.25) is 0 Å². The number of nitrogen functional groups attached to an aromatic ring is 1. The summed E-state index contributed by atoms with van der Waals surface area (Å²) in [5.74, 6) is 0.660. The van der Waals surface area contributed by atoms with E-state index in [-0.39, 0.29) is 0 Å². The van der Waals surface area contributed by atoms with Gasteiger partial charge < -0.3 is 10.2 Å². The number of aromatic nitrogens is 1. The lowest BCUT2D eigenvalue weighted by atomic mass is 9.98. The van der Waals surface area contributed by atoms with E-state index in [2.05, 4.69) is 32.7 Å². The number of hydrogen-bond donors (Lipinski definition) is 1. The molecule has 0 fully saturated rings. The first-order valence-electron chi connectivity index (χ1n) is 6.21. The molecule has 0 aliphatic carbocycles. The van der Waals surface area contributed by atoms with Crippen LogP contribution in [0.1, 0.15) is 22.3 Å². The van der Waals surface area contributed by atoms with Crippen LogP contribution in [-0.2, 0) is 0 Å². The SMILES string of the molecule is Cc1c(C)c(C)c2oc(-c3ccc(N)s3)nc2c1C. The van der Waals surface area contributed by atoms with Crippen molar-refractivity contribution < 1.29 is 4.42 Å². The molecule has 19 heavy (non-hydrogen) atoms. The van der Waals surface area contributed by atoms with E-state index in [1.165, 1.54) is 33.6 Å². The minimum Gasteiger partial charge on any atom is -0.435 e. The third-order valence-corrected chi connectivity index (χ3v) is 4.75. The van der Waals surface area contributed by atoms with Crippen LogP contribution in [0.15, 0.2) is 16.5 Å². The van der Waals surface area contributed by atoms with Gasteiger partial charge in [-0.15, -0.1) is 11.3 Å². The molecule has 1 aromatic carbocycles. The number of hydrogen-bond acceptors (Lipinski definition) is 4. The molecule has 3 aromatic rings. The highest BCUT2D eigenvalue weighted by Gasteiger charge is 2.17. The zero-order chi connectivity index (χ0) is 13.7. The Labute approximate surface area is 116 Å². The number of anilines is 1. The molecule has 0 atom stereocenters. The molecule has 0 radical (unpaired) electrons. The average Bonchev–Trinajstić information content (AvgIpc) is 3.00. The van der Waals surface area contributed by atoms with E-state index in [0.717, 1.165) is 21.0 Å². The lowest BCUT2D eigenvalue weighted by Gasteiger charge is -2.07. The minimum absolute atomic E-state index is 0.660. The Morgan fingerprint density at radius 3 is 2.32 bits per heavy atom. The van der Waals surface area contributed by atoms with Gasteiger partial charge in [-0.1, -0.05) is 0 Å². The third kappa shape index (κ3) is 1.75. The monoisotopic (exact) mass is 272 g/mol. The summed E-state index contributed by atoms with van der Waals surface area (Å²) in [5, 5.41) is 0.776. The fraction of sp³-hybridized carbons (Fsp3) is 0.267. The third-order valence-electron chi connectivity index (χ3n) is 3.85. The van der Waals surface area contributed by atoms with Crippen molar-refractivity contribution in [3.05, 3.63) is 34.4 Å². The highest BCUT2D eigenvalue weighted by atomic mass is 32.1. The molecule has 0 spiro atoms. The Morgan fingerprint density at radius 2 is 1.68 bits per heavy atom. The number of aryl methyl sites for hydroxylation is 2. The zero-order valence-corrected chi connectivity index (χ0v) is 12.3. The molecule has 0 aliphatic rings. The first-order chi connectivity index (χ1) is 8.99. The summed E-state index contributed by atoms with van der Waals surface area (Å²) in [6.45, 7) is 8.44. The summed E-state index contributed by atoms with van der Waals surface area (Å²) >= 11 is 1.50. The molecule has 2 heterocycles. The minimum atomic E-state index is 0.660. The van der Waals surface area contributed by atoms with E-state index in [9.17, 15) is 0 Å². The molecular formula is C15H16N2OS. The van der Waals surface area contributed by atoms with Crippen molar-refractivity contribution in [3.8, 4) is 10.8 Å². The first kappa shape index (κ1) is 12.2. The fourth-order valence-corrected chi connectivity index (χ4v) is 3.01. The lowest BCUT2D eigenvalue weighted by Crippen LogP contribution is -1.92. The van der Waals surface area contributed by atoms with E-state index >= 15 is 0 Å². The highest BCUT2D eigenvalue weighted by Crippen LogP contribution is 2.35. The van der Waals surface area contributed by atoms with E-state index in [1.54, 1.807) is 0 Å². The number of fused-ring (bicyclic) bond motifs is 1. The maximum Gasteiger partial charge on any atom is 0.237 e. The van der Waals surface area contributed by atoms with Gasteiger partial charge in [-0.05, 0) is 62.1 Å². The zero-order valence-electron chi connectivity index (χ0n) is 11.5. The van der Waals surface area contributed by atoms with Crippen molar-refractivity contribution in [3.63, 3.8) is 0 Å². The molecule has 4 heteroatoms. The van der Waals surface area contributed by atoms with E-state index < -0.39 is 0 Å². The quantitative estimate of drug-likeness (QED) is 0.715. The maximum absolute atomic E-state index is 5.96. The summed E-state index contributed by atoms with van der Waals surface area (Å²) < 4.78 is 5.96. The number of benzene rings is 1. The Kier molecular flexibility index (Phi) is 2.64. The molecule has 0 amide bonds. The number of thiophene rings is 1. The predicted molar refractivity (Wildman–Crippen MR) is 80.7 cm³/mol. The van der Waals surface area contributed by atoms with Crippen LogP contribution in [0.4, 0.5) is 5.00 Å². The van der Waals surface area contributed by atoms with Gasteiger partial charge in [-0.25, -0.2) is 4.98 Å². The molecule has 3 nitrogen and oxygen atoms in total. The van der Waals surface area contributed by atoms with Gasteiger partial charge in [0.05, 0.1) is 9.88 Å². The topological polar surface area (TPSA) is 52.0 Å². The molecular weight excluding hydrogens is 256 g/mol. The van der Waals surface area contributed by atoms with Gasteiger partial charge in [0, 0.05) is 0 Å². The molecule has 0 saturated heterocycles. The highest BCUT2D eigenvalue weighted by molar-refractivity contribution is 7.19. The number of rotatable bonds is 1. The number of nitrogens with two attached hydrogens (primary N) is 1. The maximum atomic E-state index is 5.96. The number of nitrogens with zero attached hydrogens (tertiary/aromatic N) is 1. The van der Waals surface area contributed by atoms with Gasteiger partial charge in [-0.3, -0.25) is 0 Å². The summed E-state index contributed by atoms with van der Waals surface area (Å²) in [7, 11) is 0. The molecule has 0 unspecified atom stereocenters. The average molecular weight is 272 g/mol. The van der Waals surface area contributed by atoms with Crippen LogP contribution in [0.3, 0.4) is 0 Å². The lowest BCUT2D eigenvalue weighted by molar-refractivity contribution is 0.618. The van der Waals surface area contributed by atoms with Crippen molar-refractivity contribution in [1.82, 2.24) is 4.98 Å². The molecule has 0 bridgehead atoms. The van der Waals surface area contributed by atoms with Crippen molar-refractivity contribution in [2.75, 3.05) is 5.73 Å². The van der Waals surface area contributed by atoms with E-state index in [4.69, 9.17) is 10.2 Å². The van der Waals surface area contributed by atoms with Crippen LogP contribution in [0.25, 0.3) is 21.9 Å². The van der Waals surface area contributed by atoms with Crippen LogP contribution >= 0.6 is 11.3 Å². The summed E-state index contributed by atoms with van der Waals surface area (Å²) in [6, 6.07) is 3.83. The van der Waals surface area contributed by atoms with Gasteiger partial charge in [0.25, 0.3) is 0 Å². The van der Waals surface area contributed by atoms with Crippen LogP contribution in [0, 0.1) is 27.7 Å². The van der Waals surface area contributed by atoms with Crippen LogP contribution < -0.4 is 5.73 Å². The van der Waals surface area contributed by atoms with Gasteiger partial charge >= 0.3 is 0 Å². The predicted octanol–water partition coefficient (Wildman–Crippen LogP) is 4.37.